The van der Waals surface area contributed by atoms with Crippen molar-refractivity contribution < 1.29 is 4.79 Å². The maximum absolute atomic E-state index is 13.6. The van der Waals surface area contributed by atoms with Crippen LogP contribution in [0.15, 0.2) is 24.3 Å². The summed E-state index contributed by atoms with van der Waals surface area (Å²) >= 11 is 0. The van der Waals surface area contributed by atoms with Gasteiger partial charge >= 0.3 is 0 Å². The lowest BCUT2D eigenvalue weighted by molar-refractivity contribution is -0.157. The summed E-state index contributed by atoms with van der Waals surface area (Å²) in [7, 11) is 0. The van der Waals surface area contributed by atoms with Crippen molar-refractivity contribution in [3.8, 4) is 0 Å². The fourth-order valence-corrected chi connectivity index (χ4v) is 7.94. The number of fused-ring (bicyclic) bond motifs is 3. The predicted octanol–water partition coefficient (Wildman–Crippen LogP) is 6.91. The van der Waals surface area contributed by atoms with Gasteiger partial charge in [0, 0.05) is 12.0 Å². The van der Waals surface area contributed by atoms with Gasteiger partial charge in [0.1, 0.15) is 0 Å². The van der Waals surface area contributed by atoms with Gasteiger partial charge in [0.05, 0.1) is 0 Å². The second-order valence-electron chi connectivity index (χ2n) is 11.7. The van der Waals surface area contributed by atoms with E-state index in [-0.39, 0.29) is 5.41 Å². The molecular formula is C28H43NO. The molecule has 6 atom stereocenters. The lowest BCUT2D eigenvalue weighted by Crippen LogP contribution is -2.58. The van der Waals surface area contributed by atoms with Crippen molar-refractivity contribution in [1.82, 2.24) is 5.32 Å². The Morgan fingerprint density at radius 2 is 1.87 bits per heavy atom. The number of nitrogens with one attached hydrogen (secondary N) is 1. The average Bonchev–Trinajstić information content (AvgIpc) is 2.72. The lowest BCUT2D eigenvalue weighted by Gasteiger charge is -2.61. The number of carbonyl (C=O) groups is 1. The van der Waals surface area contributed by atoms with Gasteiger partial charge in [0.25, 0.3) is 0 Å². The number of rotatable bonds is 4. The zero-order valence-corrected chi connectivity index (χ0v) is 20.0. The topological polar surface area (TPSA) is 29.1 Å². The molecule has 0 saturated heterocycles. The van der Waals surface area contributed by atoms with Gasteiger partial charge in [-0.1, -0.05) is 58.4 Å². The van der Waals surface area contributed by atoms with Crippen molar-refractivity contribution in [2.24, 2.45) is 40.4 Å². The number of hydrogen-bond donors (Lipinski definition) is 1. The molecule has 3 fully saturated rings. The molecular weight excluding hydrogens is 366 g/mol. The van der Waals surface area contributed by atoms with Crippen LogP contribution in [-0.4, -0.2) is 5.91 Å². The van der Waals surface area contributed by atoms with Gasteiger partial charge in [0.15, 0.2) is 0 Å². The molecule has 1 aromatic carbocycles. The van der Waals surface area contributed by atoms with Crippen LogP contribution in [0.25, 0.3) is 0 Å². The quantitative estimate of drug-likeness (QED) is 0.575. The Hall–Kier alpha value is -1.31. The van der Waals surface area contributed by atoms with Gasteiger partial charge in [0.2, 0.25) is 5.91 Å². The standard InChI is InChI=1S/C28H43NO/c1-19(2)21-11-13-24-22(17-21)12-14-25-27(24,4)15-8-16-28(25,5)26(30)29-18-23-10-7-6-9-20(23)3/h6-7,9-10,19,21-22,24-25H,8,11-18H2,1-5H3,(H,29,30)/t21?,22?,24-,25+,27+,28+/m0/s1. The first kappa shape index (κ1) is 21.9. The van der Waals surface area contributed by atoms with E-state index >= 15 is 0 Å². The first-order chi connectivity index (χ1) is 14.3. The zero-order valence-electron chi connectivity index (χ0n) is 20.0. The molecule has 0 aromatic heterocycles. The van der Waals surface area contributed by atoms with E-state index in [9.17, 15) is 4.79 Å². The van der Waals surface area contributed by atoms with Crippen molar-refractivity contribution in [3.63, 3.8) is 0 Å². The first-order valence-electron chi connectivity index (χ1n) is 12.6. The minimum absolute atomic E-state index is 0.213. The number of carbonyl (C=O) groups excluding carboxylic acids is 1. The second-order valence-corrected chi connectivity index (χ2v) is 11.7. The van der Waals surface area contributed by atoms with Crippen LogP contribution in [0.3, 0.4) is 0 Å². The molecule has 166 valence electrons. The summed E-state index contributed by atoms with van der Waals surface area (Å²) in [5.74, 6) is 4.29. The molecule has 3 aliphatic carbocycles. The van der Waals surface area contributed by atoms with E-state index in [1.54, 1.807) is 0 Å². The molecule has 2 nitrogen and oxygen atoms in total. The molecule has 0 bridgehead atoms. The van der Waals surface area contributed by atoms with Gasteiger partial charge in [-0.25, -0.2) is 0 Å². The van der Waals surface area contributed by atoms with Crippen LogP contribution in [0, 0.1) is 47.3 Å². The van der Waals surface area contributed by atoms with Crippen molar-refractivity contribution >= 4 is 5.91 Å². The third kappa shape index (κ3) is 3.73. The van der Waals surface area contributed by atoms with Gasteiger partial charge in [-0.15, -0.1) is 0 Å². The monoisotopic (exact) mass is 409 g/mol. The average molecular weight is 410 g/mol. The minimum atomic E-state index is -0.213. The van der Waals surface area contributed by atoms with Gasteiger partial charge in [-0.05, 0) is 98.0 Å². The van der Waals surface area contributed by atoms with Crippen molar-refractivity contribution in [3.05, 3.63) is 35.4 Å². The van der Waals surface area contributed by atoms with E-state index < -0.39 is 0 Å². The molecule has 4 rings (SSSR count). The Labute approximate surface area is 184 Å². The Balaban J connectivity index is 1.50. The highest BCUT2D eigenvalue weighted by Crippen LogP contribution is 2.64. The van der Waals surface area contributed by atoms with Crippen LogP contribution in [0.1, 0.15) is 90.2 Å². The fraction of sp³-hybridized carbons (Fsp3) is 0.750. The third-order valence-electron chi connectivity index (χ3n) is 9.84. The highest BCUT2D eigenvalue weighted by Gasteiger charge is 2.59. The molecule has 0 spiro atoms. The van der Waals surface area contributed by atoms with Crippen molar-refractivity contribution in [2.45, 2.75) is 92.5 Å². The molecule has 0 radical (unpaired) electrons. The normalized spacial score (nSPS) is 38.6. The second kappa shape index (κ2) is 8.32. The fourth-order valence-electron chi connectivity index (χ4n) is 7.94. The predicted molar refractivity (Wildman–Crippen MR) is 125 cm³/mol. The lowest BCUT2D eigenvalue weighted by atomic mass is 9.43. The number of benzene rings is 1. The molecule has 3 aliphatic rings. The summed E-state index contributed by atoms with van der Waals surface area (Å²) in [4.78, 5) is 13.6. The van der Waals surface area contributed by atoms with E-state index in [4.69, 9.17) is 0 Å². The van der Waals surface area contributed by atoms with Crippen LogP contribution in [0.2, 0.25) is 0 Å². The Morgan fingerprint density at radius 1 is 1.10 bits per heavy atom. The maximum Gasteiger partial charge on any atom is 0.226 e. The zero-order chi connectivity index (χ0) is 21.5. The number of aryl methyl sites for hydroxylation is 1. The molecule has 1 aromatic rings. The molecule has 0 heterocycles. The SMILES string of the molecule is Cc1ccccc1CNC(=O)[C@]1(C)CCC[C@@]2(C)[C@H]1CCC1CC(C(C)C)CC[C@@H]12. The van der Waals surface area contributed by atoms with Crippen molar-refractivity contribution in [2.75, 3.05) is 0 Å². The Kier molecular flexibility index (Phi) is 6.08. The molecule has 1 N–H and O–H groups in total. The van der Waals surface area contributed by atoms with Crippen LogP contribution in [-0.2, 0) is 11.3 Å². The first-order valence-corrected chi connectivity index (χ1v) is 12.6. The van der Waals surface area contributed by atoms with Gasteiger partial charge in [-0.3, -0.25) is 4.79 Å². The van der Waals surface area contributed by atoms with Crippen LogP contribution in [0.4, 0.5) is 0 Å². The summed E-state index contributed by atoms with van der Waals surface area (Å²) in [6, 6.07) is 8.42. The number of hydrogen-bond acceptors (Lipinski definition) is 1. The summed E-state index contributed by atoms with van der Waals surface area (Å²) in [5.41, 5.74) is 2.63. The van der Waals surface area contributed by atoms with Crippen molar-refractivity contribution in [1.29, 1.82) is 0 Å². The van der Waals surface area contributed by atoms with E-state index in [1.165, 1.54) is 56.1 Å². The highest BCUT2D eigenvalue weighted by atomic mass is 16.2. The van der Waals surface area contributed by atoms with E-state index in [2.05, 4.69) is 64.2 Å². The van der Waals surface area contributed by atoms with Gasteiger partial charge < -0.3 is 5.32 Å². The Morgan fingerprint density at radius 3 is 2.60 bits per heavy atom. The Bertz CT molecular complexity index is 770. The summed E-state index contributed by atoms with van der Waals surface area (Å²) < 4.78 is 0. The van der Waals surface area contributed by atoms with E-state index in [0.717, 1.165) is 30.1 Å². The largest absolute Gasteiger partial charge is 0.352 e. The third-order valence-corrected chi connectivity index (χ3v) is 9.84. The van der Waals surface area contributed by atoms with E-state index in [0.29, 0.717) is 23.8 Å². The van der Waals surface area contributed by atoms with E-state index in [1.807, 2.05) is 0 Å². The molecule has 2 heteroatoms. The molecule has 30 heavy (non-hydrogen) atoms. The van der Waals surface area contributed by atoms with Crippen LogP contribution >= 0.6 is 0 Å². The molecule has 1 amide bonds. The highest BCUT2D eigenvalue weighted by molar-refractivity contribution is 5.83. The smallest absolute Gasteiger partial charge is 0.226 e. The van der Waals surface area contributed by atoms with Crippen LogP contribution in [0.5, 0.6) is 0 Å². The summed E-state index contributed by atoms with van der Waals surface area (Å²) in [6.07, 6.45) is 10.4. The summed E-state index contributed by atoms with van der Waals surface area (Å²) in [6.45, 7) is 12.5. The molecule has 3 saturated carbocycles. The minimum Gasteiger partial charge on any atom is -0.352 e. The molecule has 2 unspecified atom stereocenters. The maximum atomic E-state index is 13.6. The number of amides is 1. The van der Waals surface area contributed by atoms with Gasteiger partial charge in [-0.2, -0.15) is 0 Å². The summed E-state index contributed by atoms with van der Waals surface area (Å²) in [5, 5.41) is 3.36. The van der Waals surface area contributed by atoms with Crippen LogP contribution < -0.4 is 5.32 Å². The molecule has 0 aliphatic heterocycles.